The molecule has 2 aromatic carbocycles. The van der Waals surface area contributed by atoms with Crippen LogP contribution in [0.1, 0.15) is 0 Å². The highest BCUT2D eigenvalue weighted by molar-refractivity contribution is 7.53. The zero-order chi connectivity index (χ0) is 25.4. The fourth-order valence-corrected chi connectivity index (χ4v) is 4.52. The topological polar surface area (TPSA) is 135 Å². The number of rotatable bonds is 9. The number of carbonyl (C=O) groups excluding carboxylic acids is 3. The van der Waals surface area contributed by atoms with Gasteiger partial charge in [0, 0.05) is 42.8 Å². The van der Waals surface area contributed by atoms with Crippen LogP contribution in [0.4, 0.5) is 21.9 Å². The number of anilines is 3. The van der Waals surface area contributed by atoms with Gasteiger partial charge in [-0.2, -0.15) is 0 Å². The maximum absolute atomic E-state index is 13.0. The number of carbonyl (C=O) groups is 3. The SMILES string of the molecule is COP(=O)(C[C@H](NC(=O)Nc1ccc(Cl)cc1)C(=O)Nc1ccc(N2CCOCC2=O)cc1)OC. The molecule has 11 nitrogen and oxygen atoms in total. The van der Waals surface area contributed by atoms with Crippen LogP contribution in [0.15, 0.2) is 48.5 Å². The van der Waals surface area contributed by atoms with Crippen molar-refractivity contribution < 1.29 is 32.7 Å². The van der Waals surface area contributed by atoms with Gasteiger partial charge in [0.05, 0.1) is 12.8 Å². The maximum Gasteiger partial charge on any atom is 0.332 e. The second kappa shape index (κ2) is 12.1. The highest BCUT2D eigenvalue weighted by Gasteiger charge is 2.32. The summed E-state index contributed by atoms with van der Waals surface area (Å²) in [5.41, 5.74) is 1.52. The smallest absolute Gasteiger partial charge is 0.332 e. The van der Waals surface area contributed by atoms with Crippen molar-refractivity contribution in [2.45, 2.75) is 6.04 Å². The van der Waals surface area contributed by atoms with Crippen LogP contribution in [0, 0.1) is 0 Å². The molecule has 1 heterocycles. The summed E-state index contributed by atoms with van der Waals surface area (Å²) in [5.74, 6) is -0.792. The summed E-state index contributed by atoms with van der Waals surface area (Å²) in [6, 6.07) is 11.0. The lowest BCUT2D eigenvalue weighted by Crippen LogP contribution is -2.47. The Morgan fingerprint density at radius 2 is 1.66 bits per heavy atom. The van der Waals surface area contributed by atoms with Crippen molar-refractivity contribution in [2.75, 3.05) is 55.7 Å². The Balaban J connectivity index is 1.70. The molecule has 0 spiro atoms. The van der Waals surface area contributed by atoms with Gasteiger partial charge in [-0.1, -0.05) is 11.6 Å². The summed E-state index contributed by atoms with van der Waals surface area (Å²) < 4.78 is 27.7. The lowest BCUT2D eigenvalue weighted by Gasteiger charge is -2.27. The average Bonchev–Trinajstić information content (AvgIpc) is 2.86. The number of benzene rings is 2. The number of urea groups is 1. The van der Waals surface area contributed by atoms with Crippen molar-refractivity contribution in [1.82, 2.24) is 5.32 Å². The minimum absolute atomic E-state index is 0.0168. The van der Waals surface area contributed by atoms with Gasteiger partial charge in [0.25, 0.3) is 5.91 Å². The van der Waals surface area contributed by atoms with Gasteiger partial charge in [-0.05, 0) is 48.5 Å². The number of halogens is 1. The summed E-state index contributed by atoms with van der Waals surface area (Å²) >= 11 is 5.85. The van der Waals surface area contributed by atoms with E-state index in [-0.39, 0.29) is 12.5 Å². The first-order chi connectivity index (χ1) is 16.7. The largest absolute Gasteiger partial charge is 0.370 e. The van der Waals surface area contributed by atoms with E-state index >= 15 is 0 Å². The number of morpholine rings is 1. The third kappa shape index (κ3) is 7.51. The number of nitrogens with one attached hydrogen (secondary N) is 3. The van der Waals surface area contributed by atoms with Gasteiger partial charge >= 0.3 is 13.6 Å². The van der Waals surface area contributed by atoms with E-state index in [0.717, 1.165) is 0 Å². The first-order valence-electron chi connectivity index (χ1n) is 10.6. The molecule has 3 rings (SSSR count). The normalized spacial score (nSPS) is 14.8. The van der Waals surface area contributed by atoms with E-state index in [1.165, 1.54) is 14.2 Å². The van der Waals surface area contributed by atoms with E-state index < -0.39 is 31.7 Å². The Hall–Kier alpha value is -2.95. The minimum Gasteiger partial charge on any atom is -0.370 e. The fourth-order valence-electron chi connectivity index (χ4n) is 3.25. The summed E-state index contributed by atoms with van der Waals surface area (Å²) in [6.45, 7) is 0.889. The molecule has 2 aromatic rings. The third-order valence-electron chi connectivity index (χ3n) is 5.12. The lowest BCUT2D eigenvalue weighted by atomic mass is 10.2. The van der Waals surface area contributed by atoms with Crippen LogP contribution in [0.25, 0.3) is 0 Å². The van der Waals surface area contributed by atoms with E-state index in [1.807, 2.05) is 0 Å². The molecule has 1 atom stereocenters. The average molecular weight is 525 g/mol. The molecule has 35 heavy (non-hydrogen) atoms. The Kier molecular flexibility index (Phi) is 9.25. The quantitative estimate of drug-likeness (QED) is 0.428. The summed E-state index contributed by atoms with van der Waals surface area (Å²) in [6.07, 6.45) is -0.403. The van der Waals surface area contributed by atoms with E-state index in [9.17, 15) is 18.9 Å². The van der Waals surface area contributed by atoms with Gasteiger partial charge < -0.3 is 34.6 Å². The van der Waals surface area contributed by atoms with Crippen molar-refractivity contribution in [1.29, 1.82) is 0 Å². The van der Waals surface area contributed by atoms with Crippen molar-refractivity contribution in [3.8, 4) is 0 Å². The van der Waals surface area contributed by atoms with Gasteiger partial charge in [-0.3, -0.25) is 14.2 Å². The number of nitrogens with zero attached hydrogens (tertiary/aromatic N) is 1. The second-order valence-electron chi connectivity index (χ2n) is 7.45. The van der Waals surface area contributed by atoms with E-state index in [2.05, 4.69) is 16.0 Å². The molecule has 1 aliphatic rings. The molecule has 4 amide bonds. The predicted octanol–water partition coefficient (Wildman–Crippen LogP) is 3.32. The molecule has 1 saturated heterocycles. The summed E-state index contributed by atoms with van der Waals surface area (Å²) in [7, 11) is -1.26. The van der Waals surface area contributed by atoms with Gasteiger partial charge in [-0.25, -0.2) is 4.79 Å². The van der Waals surface area contributed by atoms with Crippen molar-refractivity contribution >= 4 is 54.1 Å². The van der Waals surface area contributed by atoms with Crippen LogP contribution in [-0.2, 0) is 27.9 Å². The minimum atomic E-state index is -3.65. The number of hydrogen-bond acceptors (Lipinski definition) is 7. The number of amides is 4. The fraction of sp³-hybridized carbons (Fsp3) is 0.318. The van der Waals surface area contributed by atoms with Gasteiger partial charge in [0.2, 0.25) is 5.91 Å². The Morgan fingerprint density at radius 1 is 1.06 bits per heavy atom. The molecular formula is C22H26ClN4O7P. The maximum atomic E-state index is 13.0. The molecule has 0 aromatic heterocycles. The summed E-state index contributed by atoms with van der Waals surface area (Å²) in [5, 5.41) is 8.25. The first kappa shape index (κ1) is 26.7. The second-order valence-corrected chi connectivity index (χ2v) is 10.2. The molecule has 13 heteroatoms. The van der Waals surface area contributed by atoms with Crippen molar-refractivity contribution in [3.63, 3.8) is 0 Å². The molecule has 1 aliphatic heterocycles. The molecule has 3 N–H and O–H groups in total. The van der Waals surface area contributed by atoms with Crippen LogP contribution in [-0.4, -0.2) is 64.0 Å². The van der Waals surface area contributed by atoms with Crippen LogP contribution in [0.3, 0.4) is 0 Å². The van der Waals surface area contributed by atoms with Crippen LogP contribution < -0.4 is 20.9 Å². The van der Waals surface area contributed by atoms with E-state index in [1.54, 1.807) is 53.4 Å². The van der Waals surface area contributed by atoms with Gasteiger partial charge in [-0.15, -0.1) is 0 Å². The monoisotopic (exact) mass is 524 g/mol. The Labute approximate surface area is 207 Å². The van der Waals surface area contributed by atoms with Crippen molar-refractivity contribution in [3.05, 3.63) is 53.6 Å². The highest BCUT2D eigenvalue weighted by atomic mass is 35.5. The Morgan fingerprint density at radius 3 is 2.26 bits per heavy atom. The molecule has 0 radical (unpaired) electrons. The zero-order valence-corrected chi connectivity index (χ0v) is 20.8. The molecule has 0 unspecified atom stereocenters. The predicted molar refractivity (Wildman–Crippen MR) is 132 cm³/mol. The third-order valence-corrected chi connectivity index (χ3v) is 7.30. The molecule has 0 bridgehead atoms. The molecule has 0 saturated carbocycles. The lowest BCUT2D eigenvalue weighted by molar-refractivity contribution is -0.125. The van der Waals surface area contributed by atoms with Gasteiger partial charge in [0.1, 0.15) is 12.6 Å². The van der Waals surface area contributed by atoms with Crippen LogP contribution in [0.5, 0.6) is 0 Å². The van der Waals surface area contributed by atoms with E-state index in [0.29, 0.717) is 35.2 Å². The molecule has 0 aliphatic carbocycles. The standard InChI is InChI=1S/C22H26ClN4O7P/c1-32-35(31,33-2)14-19(26-22(30)25-17-5-3-15(23)4-6-17)21(29)24-16-7-9-18(10-8-16)27-11-12-34-13-20(27)28/h3-10,19H,11-14H2,1-2H3,(H,24,29)(H2,25,26,30)/t19-/m0/s1. The Bertz CT molecular complexity index is 1090. The first-order valence-corrected chi connectivity index (χ1v) is 12.7. The van der Waals surface area contributed by atoms with E-state index in [4.69, 9.17) is 25.4 Å². The number of hydrogen-bond donors (Lipinski definition) is 3. The number of ether oxygens (including phenoxy) is 1. The zero-order valence-electron chi connectivity index (χ0n) is 19.2. The van der Waals surface area contributed by atoms with Crippen molar-refractivity contribution in [2.24, 2.45) is 0 Å². The molecule has 188 valence electrons. The molecule has 1 fully saturated rings. The summed E-state index contributed by atoms with van der Waals surface area (Å²) in [4.78, 5) is 39.1. The van der Waals surface area contributed by atoms with Gasteiger partial charge in [0.15, 0.2) is 0 Å². The van der Waals surface area contributed by atoms with Crippen LogP contribution >= 0.6 is 19.2 Å². The molecular weight excluding hydrogens is 499 g/mol. The van der Waals surface area contributed by atoms with Crippen LogP contribution in [0.2, 0.25) is 5.02 Å². The highest BCUT2D eigenvalue weighted by Crippen LogP contribution is 2.46.